The Hall–Kier alpha value is -0.130. The van der Waals surface area contributed by atoms with Crippen LogP contribution in [-0.4, -0.2) is 33.3 Å². The van der Waals surface area contributed by atoms with Gasteiger partial charge in [-0.3, -0.25) is 0 Å². The smallest absolute Gasteiger partial charge is 0.213 e. The van der Waals surface area contributed by atoms with E-state index in [1.165, 1.54) is 0 Å². The highest BCUT2D eigenvalue weighted by Crippen LogP contribution is 2.37. The van der Waals surface area contributed by atoms with Crippen molar-refractivity contribution >= 4 is 10.0 Å². The second-order valence-electron chi connectivity index (χ2n) is 5.62. The number of nitrogens with one attached hydrogen (secondary N) is 2. The van der Waals surface area contributed by atoms with Crippen molar-refractivity contribution in [2.75, 3.05) is 18.8 Å². The lowest BCUT2D eigenvalue weighted by Gasteiger charge is -2.27. The minimum Gasteiger partial charge on any atom is -0.316 e. The van der Waals surface area contributed by atoms with Crippen molar-refractivity contribution in [1.29, 1.82) is 0 Å². The summed E-state index contributed by atoms with van der Waals surface area (Å²) in [4.78, 5) is 0. The molecular formula is C12H26N2O2S. The van der Waals surface area contributed by atoms with E-state index in [9.17, 15) is 8.42 Å². The zero-order valence-electron chi connectivity index (χ0n) is 11.3. The first-order chi connectivity index (χ1) is 7.87. The van der Waals surface area contributed by atoms with Crippen LogP contribution in [0.1, 0.15) is 46.5 Å². The lowest BCUT2D eigenvalue weighted by Crippen LogP contribution is -2.43. The topological polar surface area (TPSA) is 58.2 Å². The summed E-state index contributed by atoms with van der Waals surface area (Å²) in [6.07, 6.45) is 4.22. The normalized spacial score (nSPS) is 24.1. The number of hydrogen-bond acceptors (Lipinski definition) is 3. The van der Waals surface area contributed by atoms with Gasteiger partial charge >= 0.3 is 0 Å². The first-order valence-electron chi connectivity index (χ1n) is 6.58. The summed E-state index contributed by atoms with van der Waals surface area (Å²) in [6.45, 7) is 7.77. The monoisotopic (exact) mass is 262 g/mol. The fraction of sp³-hybridized carbons (Fsp3) is 1.00. The Balaban J connectivity index is 2.38. The second-order valence-corrected chi connectivity index (χ2v) is 7.49. The van der Waals surface area contributed by atoms with E-state index in [4.69, 9.17) is 0 Å². The van der Waals surface area contributed by atoms with Gasteiger partial charge < -0.3 is 5.32 Å². The average molecular weight is 262 g/mol. The maximum atomic E-state index is 11.9. The molecule has 102 valence electrons. The molecular weight excluding hydrogens is 236 g/mol. The highest BCUT2D eigenvalue weighted by molar-refractivity contribution is 7.89. The molecule has 0 heterocycles. The first-order valence-corrected chi connectivity index (χ1v) is 8.23. The fourth-order valence-corrected chi connectivity index (χ4v) is 3.73. The molecule has 0 aliphatic heterocycles. The molecule has 1 rings (SSSR count). The lowest BCUT2D eigenvalue weighted by atomic mass is 9.88. The number of rotatable bonds is 7. The third-order valence-electron chi connectivity index (χ3n) is 3.55. The van der Waals surface area contributed by atoms with Gasteiger partial charge in [-0.05, 0) is 31.2 Å². The Kier molecular flexibility index (Phi) is 5.41. The first kappa shape index (κ1) is 14.9. The molecule has 0 saturated heterocycles. The van der Waals surface area contributed by atoms with Crippen molar-refractivity contribution < 1.29 is 8.42 Å². The predicted octanol–water partition coefficient (Wildman–Crippen LogP) is 1.48. The van der Waals surface area contributed by atoms with Gasteiger partial charge in [0, 0.05) is 12.6 Å². The van der Waals surface area contributed by atoms with Crippen LogP contribution in [0.4, 0.5) is 0 Å². The zero-order chi connectivity index (χ0) is 12.9. The zero-order valence-corrected chi connectivity index (χ0v) is 12.1. The predicted molar refractivity (Wildman–Crippen MR) is 71.5 cm³/mol. The van der Waals surface area contributed by atoms with Gasteiger partial charge in [0.05, 0.1) is 5.75 Å². The summed E-state index contributed by atoms with van der Waals surface area (Å²) in [7, 11) is -3.13. The molecule has 0 aromatic rings. The Labute approximate surface area is 106 Å². The van der Waals surface area contributed by atoms with E-state index < -0.39 is 10.0 Å². The molecule has 1 saturated carbocycles. The highest BCUT2D eigenvalue weighted by Gasteiger charge is 2.36. The molecule has 0 amide bonds. The molecule has 0 spiro atoms. The molecule has 5 heteroatoms. The van der Waals surface area contributed by atoms with Crippen LogP contribution in [0.3, 0.4) is 0 Å². The molecule has 1 aliphatic carbocycles. The summed E-state index contributed by atoms with van der Waals surface area (Å²) in [5, 5.41) is 3.12. The van der Waals surface area contributed by atoms with Crippen LogP contribution in [0.25, 0.3) is 0 Å². The van der Waals surface area contributed by atoms with Gasteiger partial charge in [-0.15, -0.1) is 0 Å². The summed E-state index contributed by atoms with van der Waals surface area (Å²) in [6, 6.07) is 0.110. The summed E-state index contributed by atoms with van der Waals surface area (Å²) < 4.78 is 26.6. The fourth-order valence-electron chi connectivity index (χ4n) is 2.33. The highest BCUT2D eigenvalue weighted by atomic mass is 32.2. The maximum Gasteiger partial charge on any atom is 0.213 e. The van der Waals surface area contributed by atoms with E-state index in [-0.39, 0.29) is 17.2 Å². The Bertz CT molecular complexity index is 325. The second kappa shape index (κ2) is 6.16. The Morgan fingerprint density at radius 1 is 1.29 bits per heavy atom. The van der Waals surface area contributed by atoms with Crippen molar-refractivity contribution in [3.05, 3.63) is 0 Å². The van der Waals surface area contributed by atoms with Crippen molar-refractivity contribution in [2.45, 2.75) is 52.5 Å². The van der Waals surface area contributed by atoms with Gasteiger partial charge in [0.1, 0.15) is 0 Å². The van der Waals surface area contributed by atoms with Gasteiger partial charge in [0.25, 0.3) is 0 Å². The SMILES string of the molecule is CCCNCCS(=O)(=O)NC1CCCC1(C)C. The third-order valence-corrected chi connectivity index (χ3v) is 4.94. The van der Waals surface area contributed by atoms with Crippen LogP contribution >= 0.6 is 0 Å². The minimum absolute atomic E-state index is 0.101. The standard InChI is InChI=1S/C12H26N2O2S/c1-4-8-13-9-10-17(15,16)14-11-6-5-7-12(11,2)3/h11,13-14H,4-10H2,1-3H3. The number of hydrogen-bond donors (Lipinski definition) is 2. The van der Waals surface area contributed by atoms with Crippen LogP contribution in [0.2, 0.25) is 0 Å². The van der Waals surface area contributed by atoms with E-state index >= 15 is 0 Å². The van der Waals surface area contributed by atoms with E-state index in [0.717, 1.165) is 32.2 Å². The molecule has 17 heavy (non-hydrogen) atoms. The largest absolute Gasteiger partial charge is 0.316 e. The molecule has 0 aromatic heterocycles. The lowest BCUT2D eigenvalue weighted by molar-refractivity contribution is 0.313. The molecule has 1 fully saturated rings. The Morgan fingerprint density at radius 2 is 2.00 bits per heavy atom. The molecule has 0 aromatic carbocycles. The van der Waals surface area contributed by atoms with Crippen molar-refractivity contribution in [3.63, 3.8) is 0 Å². The van der Waals surface area contributed by atoms with Gasteiger partial charge in [0.15, 0.2) is 0 Å². The molecule has 1 unspecified atom stereocenters. The molecule has 1 atom stereocenters. The van der Waals surface area contributed by atoms with Gasteiger partial charge in [0.2, 0.25) is 10.0 Å². The summed E-state index contributed by atoms with van der Waals surface area (Å²) >= 11 is 0. The van der Waals surface area contributed by atoms with E-state index in [0.29, 0.717) is 6.54 Å². The quantitative estimate of drug-likeness (QED) is 0.683. The Morgan fingerprint density at radius 3 is 2.53 bits per heavy atom. The number of sulfonamides is 1. The van der Waals surface area contributed by atoms with E-state index in [1.807, 2.05) is 0 Å². The van der Waals surface area contributed by atoms with Gasteiger partial charge in [-0.25, -0.2) is 13.1 Å². The molecule has 0 radical (unpaired) electrons. The van der Waals surface area contributed by atoms with Gasteiger partial charge in [-0.1, -0.05) is 27.2 Å². The molecule has 1 aliphatic rings. The van der Waals surface area contributed by atoms with Crippen molar-refractivity contribution in [1.82, 2.24) is 10.0 Å². The summed E-state index contributed by atoms with van der Waals surface area (Å²) in [5.74, 6) is 0.180. The summed E-state index contributed by atoms with van der Waals surface area (Å²) in [5.41, 5.74) is 0.101. The van der Waals surface area contributed by atoms with E-state index in [1.54, 1.807) is 0 Å². The van der Waals surface area contributed by atoms with Crippen LogP contribution < -0.4 is 10.0 Å². The average Bonchev–Trinajstić information content (AvgIpc) is 2.53. The van der Waals surface area contributed by atoms with Crippen LogP contribution in [0.15, 0.2) is 0 Å². The van der Waals surface area contributed by atoms with Crippen LogP contribution in [0, 0.1) is 5.41 Å². The van der Waals surface area contributed by atoms with Crippen LogP contribution in [0.5, 0.6) is 0 Å². The van der Waals surface area contributed by atoms with Crippen molar-refractivity contribution in [3.8, 4) is 0 Å². The van der Waals surface area contributed by atoms with Crippen molar-refractivity contribution in [2.24, 2.45) is 5.41 Å². The third kappa shape index (κ3) is 4.94. The molecule has 2 N–H and O–H groups in total. The molecule has 0 bridgehead atoms. The maximum absolute atomic E-state index is 11.9. The van der Waals surface area contributed by atoms with E-state index in [2.05, 4.69) is 30.8 Å². The van der Waals surface area contributed by atoms with Crippen LogP contribution in [-0.2, 0) is 10.0 Å². The minimum atomic E-state index is -3.13. The molecule has 4 nitrogen and oxygen atoms in total. The van der Waals surface area contributed by atoms with Gasteiger partial charge in [-0.2, -0.15) is 0 Å².